The highest BCUT2D eigenvalue weighted by Gasteiger charge is 1.64. The maximum absolute atomic E-state index is 7.88. The molecular formula is C10H26O3. The largest absolute Gasteiger partial charge is 0.396 e. The van der Waals surface area contributed by atoms with E-state index in [4.69, 9.17) is 14.9 Å². The number of ether oxygens (including phenoxy) is 1. The molecule has 0 aromatic carbocycles. The van der Waals surface area contributed by atoms with Crippen molar-refractivity contribution >= 4 is 0 Å². The zero-order valence-electron chi connectivity index (χ0n) is 9.55. The Hall–Kier alpha value is -0.120. The summed E-state index contributed by atoms with van der Waals surface area (Å²) in [5, 5.41) is 15.8. The van der Waals surface area contributed by atoms with Gasteiger partial charge < -0.3 is 14.9 Å². The molecule has 0 aromatic heterocycles. The van der Waals surface area contributed by atoms with Gasteiger partial charge in [-0.25, -0.2) is 0 Å². The van der Waals surface area contributed by atoms with Gasteiger partial charge >= 0.3 is 0 Å². The highest BCUT2D eigenvalue weighted by molar-refractivity contribution is 4.10. The zero-order chi connectivity index (χ0) is 10.9. The minimum Gasteiger partial charge on any atom is -0.396 e. The second kappa shape index (κ2) is 29.7. The summed E-state index contributed by atoms with van der Waals surface area (Å²) in [4.78, 5) is 0. The van der Waals surface area contributed by atoms with Gasteiger partial charge in [0.2, 0.25) is 0 Å². The van der Waals surface area contributed by atoms with Crippen LogP contribution in [0.4, 0.5) is 0 Å². The topological polar surface area (TPSA) is 49.7 Å². The van der Waals surface area contributed by atoms with Gasteiger partial charge in [0.15, 0.2) is 0 Å². The first-order chi connectivity index (χ1) is 6.24. The van der Waals surface area contributed by atoms with Crippen LogP contribution in [0, 0.1) is 0 Å². The lowest BCUT2D eigenvalue weighted by molar-refractivity contribution is 0.162. The van der Waals surface area contributed by atoms with Crippen molar-refractivity contribution in [2.75, 3.05) is 26.4 Å². The van der Waals surface area contributed by atoms with Gasteiger partial charge in [0.25, 0.3) is 0 Å². The molecule has 0 amide bonds. The summed E-state index contributed by atoms with van der Waals surface area (Å²) in [5.74, 6) is 0. The summed E-state index contributed by atoms with van der Waals surface area (Å²) in [6.45, 7) is 10.2. The Balaban J connectivity index is -0.000000117. The van der Waals surface area contributed by atoms with Crippen LogP contribution in [0.25, 0.3) is 0 Å². The number of hydrogen-bond donors (Lipinski definition) is 2. The molecule has 0 aliphatic carbocycles. The van der Waals surface area contributed by atoms with Gasteiger partial charge in [0.1, 0.15) is 0 Å². The van der Waals surface area contributed by atoms with Gasteiger partial charge in [0.05, 0.1) is 0 Å². The van der Waals surface area contributed by atoms with Crippen molar-refractivity contribution in [1.82, 2.24) is 0 Å². The van der Waals surface area contributed by atoms with E-state index >= 15 is 0 Å². The summed E-state index contributed by atoms with van der Waals surface area (Å²) < 4.78 is 4.83. The molecule has 13 heavy (non-hydrogen) atoms. The Morgan fingerprint density at radius 1 is 0.769 bits per heavy atom. The Labute approximate surface area is 82.7 Å². The molecule has 2 N–H and O–H groups in total. The summed E-state index contributed by atoms with van der Waals surface area (Å²) >= 11 is 0. The predicted octanol–water partition coefficient (Wildman–Crippen LogP) is 1.82. The van der Waals surface area contributed by atoms with E-state index in [0.29, 0.717) is 13.2 Å². The number of aliphatic hydroxyl groups excluding tert-OH is 2. The molecule has 0 aromatic rings. The van der Waals surface area contributed by atoms with Crippen LogP contribution >= 0.6 is 0 Å². The Kier molecular flexibility index (Phi) is 42.6. The number of hydrogen-bond acceptors (Lipinski definition) is 3. The van der Waals surface area contributed by atoms with Crippen molar-refractivity contribution in [3.63, 3.8) is 0 Å². The molecule has 3 heteroatoms. The molecule has 0 aliphatic heterocycles. The van der Waals surface area contributed by atoms with Gasteiger partial charge in [-0.2, -0.15) is 0 Å². The molecule has 84 valence electrons. The fourth-order valence-electron chi connectivity index (χ4n) is 0.204. The minimum absolute atomic E-state index is 0.319. The van der Waals surface area contributed by atoms with Gasteiger partial charge in [0, 0.05) is 26.4 Å². The van der Waals surface area contributed by atoms with Crippen molar-refractivity contribution < 1.29 is 14.9 Å². The molecule has 0 saturated heterocycles. The van der Waals surface area contributed by atoms with E-state index in [0.717, 1.165) is 26.1 Å². The van der Waals surface area contributed by atoms with Crippen molar-refractivity contribution in [2.45, 2.75) is 40.5 Å². The lowest BCUT2D eigenvalue weighted by Gasteiger charge is -1.86. The van der Waals surface area contributed by atoms with Crippen LogP contribution in [0.1, 0.15) is 40.5 Å². The van der Waals surface area contributed by atoms with Crippen LogP contribution < -0.4 is 0 Å². The molecule has 0 atom stereocenters. The minimum atomic E-state index is 0.319. The Bertz CT molecular complexity index is 39.4. The molecule has 0 rings (SSSR count). The first kappa shape index (κ1) is 18.6. The summed E-state index contributed by atoms with van der Waals surface area (Å²) in [5.41, 5.74) is 0. The molecular weight excluding hydrogens is 168 g/mol. The van der Waals surface area contributed by atoms with Crippen molar-refractivity contribution in [3.05, 3.63) is 0 Å². The molecule has 3 nitrogen and oxygen atoms in total. The van der Waals surface area contributed by atoms with E-state index in [1.165, 1.54) is 0 Å². The van der Waals surface area contributed by atoms with Crippen LogP contribution in [0.15, 0.2) is 0 Å². The Morgan fingerprint density at radius 3 is 1.00 bits per heavy atom. The lowest BCUT2D eigenvalue weighted by atomic mass is 10.5. The van der Waals surface area contributed by atoms with E-state index in [1.807, 2.05) is 27.7 Å². The van der Waals surface area contributed by atoms with Crippen molar-refractivity contribution in [2.24, 2.45) is 0 Å². The number of rotatable bonds is 4. The fraction of sp³-hybridized carbons (Fsp3) is 1.00. The monoisotopic (exact) mass is 194 g/mol. The molecule has 0 aliphatic rings. The van der Waals surface area contributed by atoms with Gasteiger partial charge in [-0.1, -0.05) is 13.8 Å². The maximum Gasteiger partial charge on any atom is 0.0437 e. The van der Waals surface area contributed by atoms with Gasteiger partial charge in [-0.15, -0.1) is 0 Å². The first-order valence-corrected chi connectivity index (χ1v) is 5.04. The third-order valence-electron chi connectivity index (χ3n) is 0.855. The molecule has 0 spiro atoms. The van der Waals surface area contributed by atoms with Crippen LogP contribution in [-0.4, -0.2) is 36.6 Å². The van der Waals surface area contributed by atoms with E-state index < -0.39 is 0 Å². The standard InChI is InChI=1S/C4H10O.2C3H8O/c1-3-5-4-2;2*1-2-3-4/h3-4H2,1-2H3;2*4H,2-3H2,1H3. The van der Waals surface area contributed by atoms with Crippen LogP contribution in [0.5, 0.6) is 0 Å². The summed E-state index contributed by atoms with van der Waals surface area (Å²) in [6.07, 6.45) is 1.75. The third-order valence-corrected chi connectivity index (χ3v) is 0.855. The van der Waals surface area contributed by atoms with Crippen molar-refractivity contribution in [1.29, 1.82) is 0 Å². The maximum atomic E-state index is 7.88. The molecule has 0 saturated carbocycles. The van der Waals surface area contributed by atoms with Crippen molar-refractivity contribution in [3.8, 4) is 0 Å². The second-order valence-electron chi connectivity index (χ2n) is 2.23. The SMILES string of the molecule is CCCO.CCCO.CCOCC. The highest BCUT2D eigenvalue weighted by Crippen LogP contribution is 1.64. The van der Waals surface area contributed by atoms with Gasteiger partial charge in [-0.3, -0.25) is 0 Å². The first-order valence-electron chi connectivity index (χ1n) is 5.04. The second-order valence-corrected chi connectivity index (χ2v) is 2.23. The molecule has 0 fully saturated rings. The Morgan fingerprint density at radius 2 is 1.00 bits per heavy atom. The summed E-state index contributed by atoms with van der Waals surface area (Å²) in [7, 11) is 0. The van der Waals surface area contributed by atoms with E-state index in [9.17, 15) is 0 Å². The van der Waals surface area contributed by atoms with Gasteiger partial charge in [-0.05, 0) is 26.7 Å². The van der Waals surface area contributed by atoms with Crippen LogP contribution in [0.2, 0.25) is 0 Å². The normalized spacial score (nSPS) is 7.85. The molecule has 0 unspecified atom stereocenters. The lowest BCUT2D eigenvalue weighted by Crippen LogP contribution is -1.84. The highest BCUT2D eigenvalue weighted by atomic mass is 16.5. The van der Waals surface area contributed by atoms with Crippen LogP contribution in [-0.2, 0) is 4.74 Å². The number of aliphatic hydroxyl groups is 2. The smallest absolute Gasteiger partial charge is 0.0437 e. The predicted molar refractivity (Wildman–Crippen MR) is 56.9 cm³/mol. The van der Waals surface area contributed by atoms with E-state index in [2.05, 4.69) is 0 Å². The van der Waals surface area contributed by atoms with E-state index in [1.54, 1.807) is 0 Å². The quantitative estimate of drug-likeness (QED) is 0.717. The van der Waals surface area contributed by atoms with Crippen LogP contribution in [0.3, 0.4) is 0 Å². The van der Waals surface area contributed by atoms with E-state index in [-0.39, 0.29) is 0 Å². The molecule has 0 bridgehead atoms. The average molecular weight is 194 g/mol. The zero-order valence-corrected chi connectivity index (χ0v) is 9.55. The fourth-order valence-corrected chi connectivity index (χ4v) is 0.204. The molecule has 0 radical (unpaired) electrons. The third kappa shape index (κ3) is 77.0. The molecule has 0 heterocycles. The average Bonchev–Trinajstić information content (AvgIpc) is 2.20. The summed E-state index contributed by atoms with van der Waals surface area (Å²) in [6, 6.07) is 0.